The maximum atomic E-state index is 12.0. The van der Waals surface area contributed by atoms with Crippen LogP contribution < -0.4 is 5.32 Å². The first kappa shape index (κ1) is 11.7. The van der Waals surface area contributed by atoms with Crippen molar-refractivity contribution in [1.29, 1.82) is 0 Å². The standard InChI is InChI=1S/C12H22N2O2/c1-11(2,3)16-10(15)14-9-6-12(14)4-7-13-8-5-12/h13H,4-9H2,1-3H3. The molecule has 2 aliphatic heterocycles. The summed E-state index contributed by atoms with van der Waals surface area (Å²) in [5.74, 6) is 0. The van der Waals surface area contributed by atoms with E-state index in [0.717, 1.165) is 38.9 Å². The van der Waals surface area contributed by atoms with Crippen LogP contribution in [0.5, 0.6) is 0 Å². The zero-order valence-electron chi connectivity index (χ0n) is 10.5. The fourth-order valence-electron chi connectivity index (χ4n) is 2.55. The summed E-state index contributed by atoms with van der Waals surface area (Å²) in [7, 11) is 0. The molecule has 1 amide bonds. The van der Waals surface area contributed by atoms with Gasteiger partial charge in [0.2, 0.25) is 0 Å². The van der Waals surface area contributed by atoms with Crippen LogP contribution in [-0.2, 0) is 4.74 Å². The van der Waals surface area contributed by atoms with Crippen molar-refractivity contribution in [3.63, 3.8) is 0 Å². The van der Waals surface area contributed by atoms with Gasteiger partial charge in [-0.15, -0.1) is 0 Å². The smallest absolute Gasteiger partial charge is 0.410 e. The number of piperidine rings is 1. The highest BCUT2D eigenvalue weighted by Crippen LogP contribution is 2.39. The zero-order valence-corrected chi connectivity index (χ0v) is 10.5. The van der Waals surface area contributed by atoms with Crippen LogP contribution >= 0.6 is 0 Å². The number of nitrogens with zero attached hydrogens (tertiary/aromatic N) is 1. The summed E-state index contributed by atoms with van der Waals surface area (Å²) in [6.45, 7) is 8.63. The normalized spacial score (nSPS) is 24.1. The van der Waals surface area contributed by atoms with Crippen LogP contribution in [0.25, 0.3) is 0 Å². The molecule has 92 valence electrons. The molecule has 0 aromatic heterocycles. The lowest BCUT2D eigenvalue weighted by atomic mass is 9.77. The molecule has 0 aliphatic carbocycles. The lowest BCUT2D eigenvalue weighted by Crippen LogP contribution is -2.66. The predicted octanol–water partition coefficient (Wildman–Crippen LogP) is 1.75. The van der Waals surface area contributed by atoms with E-state index in [-0.39, 0.29) is 17.2 Å². The fraction of sp³-hybridized carbons (Fsp3) is 0.917. The molecular weight excluding hydrogens is 204 g/mol. The third-order valence-electron chi connectivity index (χ3n) is 3.52. The number of hydrogen-bond acceptors (Lipinski definition) is 3. The van der Waals surface area contributed by atoms with Crippen LogP contribution in [0.1, 0.15) is 40.0 Å². The van der Waals surface area contributed by atoms with E-state index in [0.29, 0.717) is 0 Å². The topological polar surface area (TPSA) is 41.6 Å². The van der Waals surface area contributed by atoms with E-state index in [2.05, 4.69) is 5.32 Å². The Hall–Kier alpha value is -0.770. The summed E-state index contributed by atoms with van der Waals surface area (Å²) >= 11 is 0. The van der Waals surface area contributed by atoms with Crippen molar-refractivity contribution >= 4 is 6.09 Å². The van der Waals surface area contributed by atoms with Gasteiger partial charge < -0.3 is 15.0 Å². The average Bonchev–Trinajstić information content (AvgIpc) is 2.14. The molecule has 1 spiro atoms. The highest BCUT2D eigenvalue weighted by Gasteiger charge is 2.48. The first-order valence-electron chi connectivity index (χ1n) is 6.14. The Morgan fingerprint density at radius 1 is 1.25 bits per heavy atom. The SMILES string of the molecule is CC(C)(C)OC(=O)N1CCC12CCNCC2. The van der Waals surface area contributed by atoms with Crippen molar-refractivity contribution in [2.75, 3.05) is 19.6 Å². The number of carbonyl (C=O) groups is 1. The molecule has 2 aliphatic rings. The van der Waals surface area contributed by atoms with Gasteiger partial charge in [-0.2, -0.15) is 0 Å². The number of rotatable bonds is 0. The third kappa shape index (κ3) is 2.17. The second-order valence-electron chi connectivity index (χ2n) is 5.86. The molecule has 4 nitrogen and oxygen atoms in total. The molecule has 2 saturated heterocycles. The third-order valence-corrected chi connectivity index (χ3v) is 3.52. The van der Waals surface area contributed by atoms with Gasteiger partial charge in [0, 0.05) is 6.54 Å². The van der Waals surface area contributed by atoms with E-state index in [1.165, 1.54) is 0 Å². The molecule has 2 heterocycles. The van der Waals surface area contributed by atoms with Crippen LogP contribution in [0, 0.1) is 0 Å². The molecule has 0 unspecified atom stereocenters. The minimum Gasteiger partial charge on any atom is -0.444 e. The second-order valence-corrected chi connectivity index (χ2v) is 5.86. The summed E-state index contributed by atoms with van der Waals surface area (Å²) in [5.41, 5.74) is -0.283. The Balaban J connectivity index is 1.97. The van der Waals surface area contributed by atoms with E-state index in [9.17, 15) is 4.79 Å². The number of carbonyl (C=O) groups excluding carboxylic acids is 1. The fourth-order valence-corrected chi connectivity index (χ4v) is 2.55. The summed E-state index contributed by atoms with van der Waals surface area (Å²) in [6.07, 6.45) is 3.12. The molecule has 0 bridgehead atoms. The van der Waals surface area contributed by atoms with Gasteiger partial charge in [0.25, 0.3) is 0 Å². The molecular formula is C12H22N2O2. The second kappa shape index (κ2) is 3.91. The number of amides is 1. The molecule has 2 rings (SSSR count). The van der Waals surface area contributed by atoms with Crippen LogP contribution in [0.4, 0.5) is 4.79 Å². The minimum atomic E-state index is -0.388. The van der Waals surface area contributed by atoms with E-state index in [1.54, 1.807) is 0 Å². The molecule has 0 radical (unpaired) electrons. The number of likely N-dealkylation sites (tertiary alicyclic amines) is 1. The summed E-state index contributed by atoms with van der Waals surface area (Å²) < 4.78 is 5.44. The maximum absolute atomic E-state index is 12.0. The van der Waals surface area contributed by atoms with Crippen LogP contribution in [0.3, 0.4) is 0 Å². The van der Waals surface area contributed by atoms with Gasteiger partial charge in [-0.1, -0.05) is 0 Å². The van der Waals surface area contributed by atoms with Gasteiger partial charge in [0.05, 0.1) is 5.54 Å². The molecule has 0 aromatic carbocycles. The molecule has 4 heteroatoms. The largest absolute Gasteiger partial charge is 0.444 e. The highest BCUT2D eigenvalue weighted by molar-refractivity contribution is 5.70. The zero-order chi connectivity index (χ0) is 11.8. The maximum Gasteiger partial charge on any atom is 0.410 e. The van der Waals surface area contributed by atoms with E-state index in [4.69, 9.17) is 4.74 Å². The molecule has 0 atom stereocenters. The van der Waals surface area contributed by atoms with Gasteiger partial charge >= 0.3 is 6.09 Å². The van der Waals surface area contributed by atoms with E-state index >= 15 is 0 Å². The summed E-state index contributed by atoms with van der Waals surface area (Å²) in [5, 5.41) is 3.34. The van der Waals surface area contributed by atoms with Crippen LogP contribution in [-0.4, -0.2) is 41.8 Å². The summed E-state index contributed by atoms with van der Waals surface area (Å²) in [6, 6.07) is 0. The van der Waals surface area contributed by atoms with Gasteiger partial charge in [-0.3, -0.25) is 0 Å². The molecule has 2 fully saturated rings. The lowest BCUT2D eigenvalue weighted by molar-refractivity contribution is -0.0564. The Kier molecular flexibility index (Phi) is 2.86. The van der Waals surface area contributed by atoms with Gasteiger partial charge in [0.1, 0.15) is 5.60 Å². The lowest BCUT2D eigenvalue weighted by Gasteiger charge is -2.54. The Labute approximate surface area is 97.3 Å². The number of nitrogens with one attached hydrogen (secondary N) is 1. The number of hydrogen-bond donors (Lipinski definition) is 1. The number of ether oxygens (including phenoxy) is 1. The molecule has 0 aromatic rings. The van der Waals surface area contributed by atoms with Crippen molar-refractivity contribution in [2.24, 2.45) is 0 Å². The van der Waals surface area contributed by atoms with E-state index in [1.807, 2.05) is 25.7 Å². The van der Waals surface area contributed by atoms with Crippen molar-refractivity contribution in [1.82, 2.24) is 10.2 Å². The van der Waals surface area contributed by atoms with Crippen molar-refractivity contribution in [3.8, 4) is 0 Å². The molecule has 1 N–H and O–H groups in total. The first-order chi connectivity index (χ1) is 7.43. The average molecular weight is 226 g/mol. The Morgan fingerprint density at radius 3 is 2.31 bits per heavy atom. The van der Waals surface area contributed by atoms with Crippen molar-refractivity contribution in [3.05, 3.63) is 0 Å². The van der Waals surface area contributed by atoms with Gasteiger partial charge in [-0.05, 0) is 53.1 Å². The quantitative estimate of drug-likeness (QED) is 0.684. The first-order valence-corrected chi connectivity index (χ1v) is 6.14. The monoisotopic (exact) mass is 226 g/mol. The highest BCUT2D eigenvalue weighted by atomic mass is 16.6. The van der Waals surface area contributed by atoms with Crippen LogP contribution in [0.2, 0.25) is 0 Å². The Bertz CT molecular complexity index is 277. The van der Waals surface area contributed by atoms with Crippen molar-refractivity contribution < 1.29 is 9.53 Å². The van der Waals surface area contributed by atoms with Gasteiger partial charge in [0.15, 0.2) is 0 Å². The molecule has 0 saturated carbocycles. The minimum absolute atomic E-state index is 0.105. The van der Waals surface area contributed by atoms with E-state index < -0.39 is 0 Å². The molecule has 16 heavy (non-hydrogen) atoms. The Morgan fingerprint density at radius 2 is 1.88 bits per heavy atom. The predicted molar refractivity (Wildman–Crippen MR) is 62.4 cm³/mol. The van der Waals surface area contributed by atoms with Crippen molar-refractivity contribution in [2.45, 2.75) is 51.2 Å². The van der Waals surface area contributed by atoms with Gasteiger partial charge in [-0.25, -0.2) is 4.79 Å². The summed E-state index contributed by atoms with van der Waals surface area (Å²) in [4.78, 5) is 13.9. The van der Waals surface area contributed by atoms with Crippen LogP contribution in [0.15, 0.2) is 0 Å².